The van der Waals surface area contributed by atoms with E-state index in [1.807, 2.05) is 38.1 Å². The van der Waals surface area contributed by atoms with E-state index in [0.29, 0.717) is 0 Å². The first-order valence-electron chi connectivity index (χ1n) is 11.9. The molecule has 1 heteroatoms. The monoisotopic (exact) mass is 449 g/mol. The van der Waals surface area contributed by atoms with Crippen LogP contribution >= 0.6 is 0 Å². The number of hydrogen-bond acceptors (Lipinski definition) is 1. The van der Waals surface area contributed by atoms with Gasteiger partial charge in [-0.2, -0.15) is 0 Å². The summed E-state index contributed by atoms with van der Waals surface area (Å²) in [6, 6.07) is 23.4. The minimum Gasteiger partial charge on any atom is -0.399 e. The van der Waals surface area contributed by atoms with Crippen LogP contribution in [0.15, 0.2) is 113 Å². The Hall–Kier alpha value is -4.46. The van der Waals surface area contributed by atoms with Gasteiger partial charge in [0.1, 0.15) is 0 Å². The van der Waals surface area contributed by atoms with Crippen molar-refractivity contribution in [3.63, 3.8) is 0 Å². The largest absolute Gasteiger partial charge is 0.399 e. The number of allylic oxidation sites excluding steroid dienone is 8. The quantitative estimate of drug-likeness (QED) is 0.332. The fourth-order valence-electron chi connectivity index (χ4n) is 5.85. The van der Waals surface area contributed by atoms with Gasteiger partial charge in [-0.25, -0.2) is 0 Å². The van der Waals surface area contributed by atoms with Gasteiger partial charge in [-0.3, -0.25) is 0 Å². The Morgan fingerprint density at radius 2 is 1.46 bits per heavy atom. The summed E-state index contributed by atoms with van der Waals surface area (Å²) in [4.78, 5) is 0. The molecule has 0 bridgehead atoms. The normalized spacial score (nSPS) is 15.7. The predicted octanol–water partition coefficient (Wildman–Crippen LogP) is 7.15. The van der Waals surface area contributed by atoms with E-state index in [9.17, 15) is 0 Å². The minimum absolute atomic E-state index is 0.590. The van der Waals surface area contributed by atoms with Gasteiger partial charge in [0.25, 0.3) is 0 Å². The first kappa shape index (κ1) is 22.3. The molecule has 0 radical (unpaired) electrons. The maximum Gasteiger partial charge on any atom is 0.0738 e. The lowest BCUT2D eigenvalue weighted by molar-refractivity contribution is 0.778. The highest BCUT2D eigenvalue weighted by molar-refractivity contribution is 5.94. The first-order chi connectivity index (χ1) is 17.1. The Kier molecular flexibility index (Phi) is 5.56. The molecule has 2 N–H and O–H groups in total. The molecular formula is C34H27N. The van der Waals surface area contributed by atoms with E-state index in [4.69, 9.17) is 18.6 Å². The molecule has 2 aliphatic carbocycles. The number of benzene rings is 3. The summed E-state index contributed by atoms with van der Waals surface area (Å²) in [5.74, 6) is 5.87. The molecule has 0 amide bonds. The summed E-state index contributed by atoms with van der Waals surface area (Å²) >= 11 is 0. The molecule has 3 aromatic carbocycles. The fraction of sp³-hybridized carbons (Fsp3) is 0.118. The average molecular weight is 450 g/mol. The zero-order valence-corrected chi connectivity index (χ0v) is 20.1. The lowest BCUT2D eigenvalue weighted by Crippen LogP contribution is -2.27. The SMILES string of the molecule is C#CC1=C(/C=C\C)C2(C(/C=C\C)=C1C#C)c1ccc(N)cc1-c1c(Cc3ccccc3)cccc12. The van der Waals surface area contributed by atoms with Crippen LogP contribution in [-0.2, 0) is 11.8 Å². The third kappa shape index (κ3) is 3.13. The number of nitrogen functional groups attached to an aromatic ring is 1. The van der Waals surface area contributed by atoms with E-state index in [1.54, 1.807) is 0 Å². The maximum atomic E-state index is 6.35. The molecule has 0 atom stereocenters. The van der Waals surface area contributed by atoms with Crippen molar-refractivity contribution in [3.8, 4) is 35.8 Å². The molecule has 0 aromatic heterocycles. The number of rotatable bonds is 4. The van der Waals surface area contributed by atoms with Crippen molar-refractivity contribution in [1.82, 2.24) is 0 Å². The second-order valence-corrected chi connectivity index (χ2v) is 8.92. The second kappa shape index (κ2) is 8.72. The Bertz CT molecular complexity index is 1500. The minimum atomic E-state index is -0.590. The van der Waals surface area contributed by atoms with E-state index in [0.717, 1.165) is 40.0 Å². The summed E-state index contributed by atoms with van der Waals surface area (Å²) in [7, 11) is 0. The summed E-state index contributed by atoms with van der Waals surface area (Å²) in [6.07, 6.45) is 21.4. The van der Waals surface area contributed by atoms with Gasteiger partial charge in [0.05, 0.1) is 5.41 Å². The fourth-order valence-corrected chi connectivity index (χ4v) is 5.85. The van der Waals surface area contributed by atoms with Crippen molar-refractivity contribution in [2.45, 2.75) is 25.7 Å². The van der Waals surface area contributed by atoms with Crippen molar-refractivity contribution >= 4 is 5.69 Å². The lowest BCUT2D eigenvalue weighted by atomic mass is 9.68. The molecule has 0 aliphatic heterocycles. The third-order valence-electron chi connectivity index (χ3n) is 7.06. The Balaban J connectivity index is 1.94. The Labute approximate surface area is 208 Å². The molecular weight excluding hydrogens is 422 g/mol. The smallest absolute Gasteiger partial charge is 0.0738 e. The highest BCUT2D eigenvalue weighted by Gasteiger charge is 2.53. The van der Waals surface area contributed by atoms with Crippen LogP contribution in [-0.4, -0.2) is 0 Å². The number of nitrogens with two attached hydrogens (primary N) is 1. The average Bonchev–Trinajstić information content (AvgIpc) is 3.31. The van der Waals surface area contributed by atoms with Crippen molar-refractivity contribution < 1.29 is 0 Å². The van der Waals surface area contributed by atoms with Crippen molar-refractivity contribution in [1.29, 1.82) is 0 Å². The summed E-state index contributed by atoms with van der Waals surface area (Å²) in [5.41, 5.74) is 17.4. The second-order valence-electron chi connectivity index (χ2n) is 8.92. The molecule has 0 saturated heterocycles. The van der Waals surface area contributed by atoms with E-state index in [2.05, 4.69) is 78.6 Å². The van der Waals surface area contributed by atoms with Gasteiger partial charge in [-0.1, -0.05) is 90.7 Å². The molecule has 1 nitrogen and oxygen atoms in total. The van der Waals surface area contributed by atoms with Crippen LogP contribution in [0.4, 0.5) is 5.69 Å². The molecule has 0 saturated carbocycles. The standard InChI is InChI=1S/C34H27N/c1-5-13-29-26(7-3)27(8-4)30(14-6-2)34(29)31-20-19-25(35)22-28(31)33-24(17-12-18-32(33)34)21-23-15-10-9-11-16-23/h3-6,9-20,22H,21,35H2,1-2H3/b13-5-,14-6-. The van der Waals surface area contributed by atoms with Crippen molar-refractivity contribution in [2.75, 3.05) is 5.73 Å². The van der Waals surface area contributed by atoms with E-state index < -0.39 is 5.41 Å². The zero-order chi connectivity index (χ0) is 24.6. The van der Waals surface area contributed by atoms with Crippen LogP contribution in [0.1, 0.15) is 36.1 Å². The summed E-state index contributed by atoms with van der Waals surface area (Å²) in [5, 5.41) is 0. The number of fused-ring (bicyclic) bond motifs is 5. The van der Waals surface area contributed by atoms with Gasteiger partial charge in [0, 0.05) is 16.8 Å². The van der Waals surface area contributed by atoms with Gasteiger partial charge in [0.2, 0.25) is 0 Å². The van der Waals surface area contributed by atoms with Gasteiger partial charge in [-0.05, 0) is 76.9 Å². The van der Waals surface area contributed by atoms with Gasteiger partial charge in [0.15, 0.2) is 0 Å². The Morgan fingerprint density at radius 3 is 2.06 bits per heavy atom. The van der Waals surface area contributed by atoms with Crippen LogP contribution in [0, 0.1) is 24.7 Å². The van der Waals surface area contributed by atoms with Gasteiger partial charge in [-0.15, -0.1) is 12.8 Å². The van der Waals surface area contributed by atoms with E-state index in [1.165, 1.54) is 27.8 Å². The van der Waals surface area contributed by atoms with E-state index in [-0.39, 0.29) is 0 Å². The van der Waals surface area contributed by atoms with E-state index >= 15 is 0 Å². The molecule has 5 rings (SSSR count). The molecule has 0 heterocycles. The summed E-state index contributed by atoms with van der Waals surface area (Å²) in [6.45, 7) is 4.03. The number of terminal acetylenes is 2. The Morgan fingerprint density at radius 1 is 0.800 bits per heavy atom. The maximum absolute atomic E-state index is 6.35. The number of anilines is 1. The van der Waals surface area contributed by atoms with Crippen LogP contribution in [0.2, 0.25) is 0 Å². The highest BCUT2D eigenvalue weighted by Crippen LogP contribution is 2.62. The molecule has 168 valence electrons. The third-order valence-corrected chi connectivity index (χ3v) is 7.06. The molecule has 35 heavy (non-hydrogen) atoms. The molecule has 2 aliphatic rings. The van der Waals surface area contributed by atoms with Crippen molar-refractivity contribution in [2.24, 2.45) is 0 Å². The van der Waals surface area contributed by atoms with Crippen molar-refractivity contribution in [3.05, 3.63) is 136 Å². The van der Waals surface area contributed by atoms with Gasteiger partial charge >= 0.3 is 0 Å². The van der Waals surface area contributed by atoms with Crippen LogP contribution in [0.3, 0.4) is 0 Å². The van der Waals surface area contributed by atoms with Crippen LogP contribution < -0.4 is 5.73 Å². The first-order valence-corrected chi connectivity index (χ1v) is 11.9. The predicted molar refractivity (Wildman–Crippen MR) is 148 cm³/mol. The number of hydrogen-bond donors (Lipinski definition) is 1. The topological polar surface area (TPSA) is 26.0 Å². The van der Waals surface area contributed by atoms with Gasteiger partial charge < -0.3 is 5.73 Å². The van der Waals surface area contributed by atoms with Crippen LogP contribution in [0.5, 0.6) is 0 Å². The summed E-state index contributed by atoms with van der Waals surface area (Å²) < 4.78 is 0. The highest BCUT2D eigenvalue weighted by atomic mass is 14.6. The molecule has 3 aromatic rings. The lowest BCUT2D eigenvalue weighted by Gasteiger charge is -2.32. The zero-order valence-electron chi connectivity index (χ0n) is 20.1. The molecule has 1 spiro atoms. The van der Waals surface area contributed by atoms with Crippen LogP contribution in [0.25, 0.3) is 11.1 Å². The molecule has 0 unspecified atom stereocenters. The molecule has 0 fully saturated rings.